The summed E-state index contributed by atoms with van der Waals surface area (Å²) >= 11 is 0. The molecular weight excluding hydrogens is 478 g/mol. The number of carbonyl (C=O) groups excluding carboxylic acids is 3. The van der Waals surface area contributed by atoms with Crippen LogP contribution < -0.4 is 4.74 Å². The zero-order chi connectivity index (χ0) is 25.4. The number of piperazine rings is 1. The predicted molar refractivity (Wildman–Crippen MR) is 126 cm³/mol. The van der Waals surface area contributed by atoms with Gasteiger partial charge in [0.05, 0.1) is 19.3 Å². The second-order valence-electron chi connectivity index (χ2n) is 8.33. The summed E-state index contributed by atoms with van der Waals surface area (Å²) < 4.78 is 43.4. The number of methoxy groups -OCH3 is 1. The van der Waals surface area contributed by atoms with E-state index in [0.717, 1.165) is 25.7 Å². The Morgan fingerprint density at radius 3 is 2.11 bits per heavy atom. The predicted octanol–water partition coefficient (Wildman–Crippen LogP) is 1.72. The van der Waals surface area contributed by atoms with E-state index in [1.54, 1.807) is 6.92 Å². The Kier molecular flexibility index (Phi) is 9.33. The molecule has 194 valence electrons. The third-order valence-corrected chi connectivity index (χ3v) is 7.99. The van der Waals surface area contributed by atoms with E-state index in [-0.39, 0.29) is 22.8 Å². The summed E-state index contributed by atoms with van der Waals surface area (Å²) in [7, 11) is -2.50. The van der Waals surface area contributed by atoms with E-state index in [1.807, 2.05) is 0 Å². The van der Waals surface area contributed by atoms with E-state index < -0.39 is 34.6 Å². The molecule has 0 atom stereocenters. The van der Waals surface area contributed by atoms with E-state index in [2.05, 4.69) is 0 Å². The SMILES string of the molecule is CCOC(=O)N1CCN(C(=O)COC(=O)c2ccc(OC)c(S(=O)(=O)N3CCCCCC3)c2)CC1. The fraction of sp³-hybridized carbons (Fsp3) is 0.609. The van der Waals surface area contributed by atoms with Crippen molar-refractivity contribution in [3.63, 3.8) is 0 Å². The Morgan fingerprint density at radius 1 is 0.886 bits per heavy atom. The Balaban J connectivity index is 1.63. The molecule has 0 radical (unpaired) electrons. The zero-order valence-corrected chi connectivity index (χ0v) is 21.0. The fourth-order valence-corrected chi connectivity index (χ4v) is 5.78. The van der Waals surface area contributed by atoms with Gasteiger partial charge in [-0.1, -0.05) is 12.8 Å². The lowest BCUT2D eigenvalue weighted by atomic mass is 10.2. The number of hydrogen-bond acceptors (Lipinski definition) is 8. The van der Waals surface area contributed by atoms with Crippen LogP contribution in [0.3, 0.4) is 0 Å². The van der Waals surface area contributed by atoms with Gasteiger partial charge in [-0.3, -0.25) is 4.79 Å². The summed E-state index contributed by atoms with van der Waals surface area (Å²) in [6, 6.07) is 4.06. The first-order valence-corrected chi connectivity index (χ1v) is 13.3. The van der Waals surface area contributed by atoms with Gasteiger partial charge in [0.25, 0.3) is 5.91 Å². The molecule has 0 unspecified atom stereocenters. The molecule has 0 saturated carbocycles. The van der Waals surface area contributed by atoms with Crippen molar-refractivity contribution in [3.05, 3.63) is 23.8 Å². The summed E-state index contributed by atoms with van der Waals surface area (Å²) in [5, 5.41) is 0. The van der Waals surface area contributed by atoms with Crippen LogP contribution in [-0.4, -0.2) is 100 Å². The highest BCUT2D eigenvalue weighted by Crippen LogP contribution is 2.29. The quantitative estimate of drug-likeness (QED) is 0.507. The standard InChI is InChI=1S/C23H33N3O8S/c1-3-33-23(29)25-14-12-24(13-15-25)21(27)17-34-22(28)18-8-9-19(32-2)20(16-18)35(30,31)26-10-6-4-5-7-11-26/h8-9,16H,3-7,10-15,17H2,1-2H3. The second-order valence-corrected chi connectivity index (χ2v) is 10.2. The minimum atomic E-state index is -3.87. The molecule has 0 aliphatic carbocycles. The molecule has 2 aliphatic rings. The second kappa shape index (κ2) is 12.2. The van der Waals surface area contributed by atoms with Crippen molar-refractivity contribution >= 4 is 28.0 Å². The van der Waals surface area contributed by atoms with Crippen molar-refractivity contribution in [1.29, 1.82) is 0 Å². The van der Waals surface area contributed by atoms with Gasteiger partial charge in [-0.25, -0.2) is 18.0 Å². The number of ether oxygens (including phenoxy) is 3. The molecule has 11 nitrogen and oxygen atoms in total. The van der Waals surface area contributed by atoms with Crippen LogP contribution in [0.15, 0.2) is 23.1 Å². The number of benzene rings is 1. The molecule has 0 N–H and O–H groups in total. The molecule has 1 aromatic carbocycles. The van der Waals surface area contributed by atoms with Crippen LogP contribution in [0.5, 0.6) is 5.75 Å². The molecule has 2 amide bonds. The highest BCUT2D eigenvalue weighted by Gasteiger charge is 2.30. The van der Waals surface area contributed by atoms with Gasteiger partial charge < -0.3 is 24.0 Å². The number of carbonyl (C=O) groups is 3. The molecule has 1 aromatic rings. The summed E-state index contributed by atoms with van der Waals surface area (Å²) in [4.78, 5) is 39.8. The van der Waals surface area contributed by atoms with Crippen LogP contribution in [0.4, 0.5) is 4.79 Å². The average molecular weight is 512 g/mol. The number of amides is 2. The summed E-state index contributed by atoms with van der Waals surface area (Å²) in [6.45, 7) is 3.60. The largest absolute Gasteiger partial charge is 0.495 e. The number of rotatable bonds is 7. The maximum atomic E-state index is 13.3. The number of nitrogens with zero attached hydrogens (tertiary/aromatic N) is 3. The molecule has 2 saturated heterocycles. The number of sulfonamides is 1. The molecule has 2 heterocycles. The van der Waals surface area contributed by atoms with Crippen molar-refractivity contribution in [2.45, 2.75) is 37.5 Å². The molecule has 0 bridgehead atoms. The van der Waals surface area contributed by atoms with Gasteiger partial charge in [-0.2, -0.15) is 4.31 Å². The lowest BCUT2D eigenvalue weighted by Crippen LogP contribution is -2.51. The zero-order valence-electron chi connectivity index (χ0n) is 20.2. The van der Waals surface area contributed by atoms with Gasteiger partial charge >= 0.3 is 12.1 Å². The van der Waals surface area contributed by atoms with Gasteiger partial charge in [0.2, 0.25) is 10.0 Å². The van der Waals surface area contributed by atoms with E-state index in [4.69, 9.17) is 14.2 Å². The van der Waals surface area contributed by atoms with Crippen molar-refractivity contribution in [2.75, 3.05) is 59.6 Å². The minimum Gasteiger partial charge on any atom is -0.495 e. The van der Waals surface area contributed by atoms with Gasteiger partial charge in [0, 0.05) is 39.3 Å². The smallest absolute Gasteiger partial charge is 0.409 e. The highest BCUT2D eigenvalue weighted by atomic mass is 32.2. The Labute approximate surface area is 205 Å². The normalized spacial score (nSPS) is 17.4. The lowest BCUT2D eigenvalue weighted by molar-refractivity contribution is -0.136. The Bertz CT molecular complexity index is 1010. The van der Waals surface area contributed by atoms with Gasteiger partial charge in [-0.05, 0) is 38.0 Å². The maximum Gasteiger partial charge on any atom is 0.409 e. The van der Waals surface area contributed by atoms with Crippen LogP contribution >= 0.6 is 0 Å². The Morgan fingerprint density at radius 2 is 1.51 bits per heavy atom. The minimum absolute atomic E-state index is 0.0131. The highest BCUT2D eigenvalue weighted by molar-refractivity contribution is 7.89. The molecule has 0 spiro atoms. The Hall–Kier alpha value is -2.86. The lowest BCUT2D eigenvalue weighted by Gasteiger charge is -2.33. The van der Waals surface area contributed by atoms with Crippen LogP contribution in [-0.2, 0) is 24.3 Å². The first-order valence-electron chi connectivity index (χ1n) is 11.8. The topological polar surface area (TPSA) is 123 Å². The van der Waals surface area contributed by atoms with Crippen LogP contribution in [0.1, 0.15) is 43.0 Å². The number of hydrogen-bond donors (Lipinski definition) is 0. The van der Waals surface area contributed by atoms with Crippen molar-refractivity contribution < 1.29 is 37.0 Å². The molecular formula is C23H33N3O8S. The molecule has 2 fully saturated rings. The fourth-order valence-electron chi connectivity index (χ4n) is 4.08. The molecule has 2 aliphatic heterocycles. The van der Waals surface area contributed by atoms with Crippen LogP contribution in [0.25, 0.3) is 0 Å². The van der Waals surface area contributed by atoms with Gasteiger partial charge in [-0.15, -0.1) is 0 Å². The molecule has 0 aromatic heterocycles. The van der Waals surface area contributed by atoms with Crippen molar-refractivity contribution in [3.8, 4) is 5.75 Å². The third-order valence-electron chi connectivity index (χ3n) is 6.07. The maximum absolute atomic E-state index is 13.3. The third kappa shape index (κ3) is 6.63. The van der Waals surface area contributed by atoms with Crippen LogP contribution in [0, 0.1) is 0 Å². The summed E-state index contributed by atoms with van der Waals surface area (Å²) in [5.74, 6) is -1.06. The molecule has 35 heavy (non-hydrogen) atoms. The van der Waals surface area contributed by atoms with Crippen molar-refractivity contribution in [2.24, 2.45) is 0 Å². The van der Waals surface area contributed by atoms with Gasteiger partial charge in [0.1, 0.15) is 10.6 Å². The van der Waals surface area contributed by atoms with Crippen molar-refractivity contribution in [1.82, 2.24) is 14.1 Å². The monoisotopic (exact) mass is 511 g/mol. The van der Waals surface area contributed by atoms with E-state index >= 15 is 0 Å². The van der Waals surface area contributed by atoms with E-state index in [9.17, 15) is 22.8 Å². The van der Waals surface area contributed by atoms with E-state index in [0.29, 0.717) is 39.3 Å². The summed E-state index contributed by atoms with van der Waals surface area (Å²) in [5.41, 5.74) is 0.0131. The van der Waals surface area contributed by atoms with E-state index in [1.165, 1.54) is 39.4 Å². The van der Waals surface area contributed by atoms with Crippen LogP contribution in [0.2, 0.25) is 0 Å². The molecule has 3 rings (SSSR count). The molecule has 12 heteroatoms. The average Bonchev–Trinajstić information content (AvgIpc) is 3.17. The van der Waals surface area contributed by atoms with Gasteiger partial charge in [0.15, 0.2) is 6.61 Å². The first-order chi connectivity index (χ1) is 16.8. The first kappa shape index (κ1) is 26.7. The number of esters is 1. The summed E-state index contributed by atoms with van der Waals surface area (Å²) in [6.07, 6.45) is 3.08.